The Morgan fingerprint density at radius 2 is 1.47 bits per heavy atom. The van der Waals surface area contributed by atoms with E-state index in [0.717, 1.165) is 18.4 Å². The maximum absolute atomic E-state index is 12.6. The Morgan fingerprint density at radius 1 is 0.895 bits per heavy atom. The molecule has 0 aromatic rings. The number of nitrogens with one attached hydrogen (secondary N) is 1. The van der Waals surface area contributed by atoms with Crippen molar-refractivity contribution in [3.63, 3.8) is 0 Å². The summed E-state index contributed by atoms with van der Waals surface area (Å²) < 4.78 is 37.7. The topological polar surface area (TPSA) is 12.0 Å². The molecular weight excluding hydrogens is 251 g/mol. The second-order valence-corrected chi connectivity index (χ2v) is 6.62. The molecule has 0 radical (unpaired) electrons. The highest BCUT2D eigenvalue weighted by molar-refractivity contribution is 4.82. The number of rotatable bonds is 3. The van der Waals surface area contributed by atoms with E-state index in [2.05, 4.69) is 12.2 Å². The van der Waals surface area contributed by atoms with Crippen LogP contribution in [0.25, 0.3) is 0 Å². The van der Waals surface area contributed by atoms with E-state index in [0.29, 0.717) is 31.7 Å². The van der Waals surface area contributed by atoms with Crippen molar-refractivity contribution in [2.45, 2.75) is 70.5 Å². The van der Waals surface area contributed by atoms with Crippen molar-refractivity contribution in [3.8, 4) is 0 Å². The molecule has 0 aliphatic heterocycles. The monoisotopic (exact) mass is 277 g/mol. The number of hydrogen-bond donors (Lipinski definition) is 1. The second kappa shape index (κ2) is 6.47. The molecule has 2 rings (SSSR count). The SMILES string of the molecule is CC1CCC(CNC2CCC(C(F)(F)F)CC2)CC1. The van der Waals surface area contributed by atoms with E-state index in [1.54, 1.807) is 0 Å². The third-order valence-corrected chi connectivity index (χ3v) is 5.02. The first-order chi connectivity index (χ1) is 8.95. The van der Waals surface area contributed by atoms with E-state index in [1.807, 2.05) is 0 Å². The Morgan fingerprint density at radius 3 is 2.00 bits per heavy atom. The first kappa shape index (κ1) is 15.1. The van der Waals surface area contributed by atoms with Crippen LogP contribution in [0, 0.1) is 17.8 Å². The van der Waals surface area contributed by atoms with Crippen LogP contribution in [-0.2, 0) is 0 Å². The van der Waals surface area contributed by atoms with Gasteiger partial charge in [-0.05, 0) is 56.9 Å². The van der Waals surface area contributed by atoms with Gasteiger partial charge in [-0.1, -0.05) is 19.8 Å². The zero-order valence-electron chi connectivity index (χ0n) is 11.8. The molecule has 0 unspecified atom stereocenters. The Labute approximate surface area is 114 Å². The van der Waals surface area contributed by atoms with Crippen molar-refractivity contribution in [1.82, 2.24) is 5.32 Å². The van der Waals surface area contributed by atoms with Crippen molar-refractivity contribution in [3.05, 3.63) is 0 Å². The largest absolute Gasteiger partial charge is 0.391 e. The van der Waals surface area contributed by atoms with Crippen molar-refractivity contribution in [2.24, 2.45) is 17.8 Å². The van der Waals surface area contributed by atoms with Gasteiger partial charge in [0.2, 0.25) is 0 Å². The molecule has 112 valence electrons. The Kier molecular flexibility index (Phi) is 5.15. The highest BCUT2D eigenvalue weighted by Gasteiger charge is 2.41. The third-order valence-electron chi connectivity index (χ3n) is 5.02. The molecule has 2 saturated carbocycles. The first-order valence-electron chi connectivity index (χ1n) is 7.75. The summed E-state index contributed by atoms with van der Waals surface area (Å²) in [5, 5.41) is 3.51. The minimum Gasteiger partial charge on any atom is -0.314 e. The number of halogens is 3. The van der Waals surface area contributed by atoms with Crippen molar-refractivity contribution in [1.29, 1.82) is 0 Å². The Hall–Kier alpha value is -0.250. The van der Waals surface area contributed by atoms with Crippen molar-refractivity contribution < 1.29 is 13.2 Å². The number of hydrogen-bond acceptors (Lipinski definition) is 1. The van der Waals surface area contributed by atoms with Gasteiger partial charge in [0, 0.05) is 6.04 Å². The third kappa shape index (κ3) is 4.66. The van der Waals surface area contributed by atoms with Gasteiger partial charge >= 0.3 is 6.18 Å². The van der Waals surface area contributed by atoms with Crippen LogP contribution in [-0.4, -0.2) is 18.8 Å². The summed E-state index contributed by atoms with van der Waals surface area (Å²) in [5.74, 6) is 0.552. The second-order valence-electron chi connectivity index (χ2n) is 6.62. The zero-order valence-corrected chi connectivity index (χ0v) is 11.8. The lowest BCUT2D eigenvalue weighted by molar-refractivity contribution is -0.182. The lowest BCUT2D eigenvalue weighted by Crippen LogP contribution is -2.39. The van der Waals surface area contributed by atoms with Gasteiger partial charge in [0.1, 0.15) is 0 Å². The molecular formula is C15H26F3N. The summed E-state index contributed by atoms with van der Waals surface area (Å²) in [5.41, 5.74) is 0. The molecule has 0 heterocycles. The Bertz CT molecular complexity index is 261. The van der Waals surface area contributed by atoms with E-state index in [4.69, 9.17) is 0 Å². The summed E-state index contributed by atoms with van der Waals surface area (Å²) in [4.78, 5) is 0. The van der Waals surface area contributed by atoms with Gasteiger partial charge in [-0.15, -0.1) is 0 Å². The first-order valence-corrected chi connectivity index (χ1v) is 7.75. The summed E-state index contributed by atoms with van der Waals surface area (Å²) in [6, 6.07) is 0.318. The molecule has 0 aromatic carbocycles. The molecule has 0 amide bonds. The van der Waals surface area contributed by atoms with Gasteiger partial charge in [0.15, 0.2) is 0 Å². The average molecular weight is 277 g/mol. The fourth-order valence-electron chi connectivity index (χ4n) is 3.49. The number of alkyl halides is 3. The van der Waals surface area contributed by atoms with Gasteiger partial charge in [-0.3, -0.25) is 0 Å². The lowest BCUT2D eigenvalue weighted by Gasteiger charge is -2.32. The van der Waals surface area contributed by atoms with Crippen LogP contribution in [0.3, 0.4) is 0 Å². The summed E-state index contributed by atoms with van der Waals surface area (Å²) in [6.07, 6.45) is 3.20. The van der Waals surface area contributed by atoms with Crippen LogP contribution < -0.4 is 5.32 Å². The van der Waals surface area contributed by atoms with Crippen LogP contribution >= 0.6 is 0 Å². The molecule has 0 aromatic heterocycles. The molecule has 2 fully saturated rings. The molecule has 0 bridgehead atoms. The minimum atomic E-state index is -3.98. The van der Waals surface area contributed by atoms with Gasteiger partial charge in [0.05, 0.1) is 5.92 Å². The summed E-state index contributed by atoms with van der Waals surface area (Å²) in [6.45, 7) is 3.32. The van der Waals surface area contributed by atoms with Crippen LogP contribution in [0.1, 0.15) is 58.3 Å². The average Bonchev–Trinajstić information content (AvgIpc) is 2.37. The summed E-state index contributed by atoms with van der Waals surface area (Å²) in [7, 11) is 0. The van der Waals surface area contributed by atoms with Crippen LogP contribution in [0.4, 0.5) is 13.2 Å². The molecule has 2 aliphatic rings. The maximum atomic E-state index is 12.6. The highest BCUT2D eigenvalue weighted by Crippen LogP contribution is 2.37. The molecule has 19 heavy (non-hydrogen) atoms. The smallest absolute Gasteiger partial charge is 0.314 e. The van der Waals surface area contributed by atoms with Gasteiger partial charge in [-0.25, -0.2) is 0 Å². The zero-order chi connectivity index (χ0) is 13.9. The fraction of sp³-hybridized carbons (Fsp3) is 1.00. The van der Waals surface area contributed by atoms with E-state index in [-0.39, 0.29) is 0 Å². The normalized spacial score (nSPS) is 37.3. The molecule has 0 saturated heterocycles. The predicted molar refractivity (Wildman–Crippen MR) is 70.9 cm³/mol. The Balaban J connectivity index is 1.63. The molecule has 0 atom stereocenters. The maximum Gasteiger partial charge on any atom is 0.391 e. The van der Waals surface area contributed by atoms with Crippen molar-refractivity contribution >= 4 is 0 Å². The van der Waals surface area contributed by atoms with Gasteiger partial charge in [0.25, 0.3) is 0 Å². The molecule has 1 nitrogen and oxygen atoms in total. The molecule has 0 spiro atoms. The van der Waals surface area contributed by atoms with Gasteiger partial charge in [-0.2, -0.15) is 13.2 Å². The van der Waals surface area contributed by atoms with Crippen LogP contribution in [0.15, 0.2) is 0 Å². The van der Waals surface area contributed by atoms with E-state index < -0.39 is 12.1 Å². The highest BCUT2D eigenvalue weighted by atomic mass is 19.4. The van der Waals surface area contributed by atoms with Crippen LogP contribution in [0.2, 0.25) is 0 Å². The standard InChI is InChI=1S/C15H26F3N/c1-11-2-4-12(5-3-11)10-19-14-8-6-13(7-9-14)15(16,17)18/h11-14,19H,2-10H2,1H3. The van der Waals surface area contributed by atoms with E-state index in [1.165, 1.54) is 25.7 Å². The van der Waals surface area contributed by atoms with Crippen molar-refractivity contribution in [2.75, 3.05) is 6.54 Å². The summed E-state index contributed by atoms with van der Waals surface area (Å²) >= 11 is 0. The predicted octanol–water partition coefficient (Wildman–Crippen LogP) is 4.52. The molecule has 1 N–H and O–H groups in total. The van der Waals surface area contributed by atoms with Crippen LogP contribution in [0.5, 0.6) is 0 Å². The minimum absolute atomic E-state index is 0.308. The lowest BCUT2D eigenvalue weighted by atomic mass is 9.82. The quantitative estimate of drug-likeness (QED) is 0.799. The molecule has 2 aliphatic carbocycles. The van der Waals surface area contributed by atoms with Gasteiger partial charge < -0.3 is 5.32 Å². The molecule has 4 heteroatoms. The van der Waals surface area contributed by atoms with E-state index in [9.17, 15) is 13.2 Å². The fourth-order valence-corrected chi connectivity index (χ4v) is 3.49. The van der Waals surface area contributed by atoms with E-state index >= 15 is 0 Å².